The molecule has 2 heterocycles. The zero-order valence-corrected chi connectivity index (χ0v) is 14.1. The van der Waals surface area contributed by atoms with Crippen LogP contribution in [0.15, 0.2) is 16.7 Å². The molecule has 0 radical (unpaired) electrons. The molecule has 0 aliphatic carbocycles. The largest absolute Gasteiger partial charge is 0.417 e. The Bertz CT molecular complexity index is 644. The number of nitrogens with zero attached hydrogens (tertiary/aromatic N) is 2. The van der Waals surface area contributed by atoms with Crippen LogP contribution in [0.5, 0.6) is 0 Å². The Morgan fingerprint density at radius 1 is 1.36 bits per heavy atom. The third-order valence-electron chi connectivity index (χ3n) is 3.32. The second kappa shape index (κ2) is 6.32. The van der Waals surface area contributed by atoms with E-state index in [1.165, 1.54) is 0 Å². The van der Waals surface area contributed by atoms with Gasteiger partial charge in [-0.1, -0.05) is 0 Å². The Hall–Kier alpha value is -0.870. The molecule has 1 N–H and O–H groups in total. The van der Waals surface area contributed by atoms with Crippen LogP contribution in [-0.2, 0) is 16.2 Å². The Labute approximate surface area is 135 Å². The molecule has 0 saturated carbocycles. The van der Waals surface area contributed by atoms with Crippen LogP contribution in [0, 0.1) is 0 Å². The van der Waals surface area contributed by atoms with Gasteiger partial charge in [-0.2, -0.15) is 13.2 Å². The average Bonchev–Trinajstić information content (AvgIpc) is 2.37. The fourth-order valence-corrected chi connectivity index (χ4v) is 3.77. The highest BCUT2D eigenvalue weighted by atomic mass is 79.9. The quantitative estimate of drug-likeness (QED) is 0.844. The second-order valence-corrected chi connectivity index (χ2v) is 7.81. The van der Waals surface area contributed by atoms with E-state index in [0.717, 1.165) is 18.5 Å². The minimum atomic E-state index is -4.43. The third-order valence-corrected chi connectivity index (χ3v) is 4.67. The van der Waals surface area contributed by atoms with Gasteiger partial charge in [0.25, 0.3) is 0 Å². The molecule has 1 aliphatic heterocycles. The van der Waals surface area contributed by atoms with Crippen LogP contribution in [0.1, 0.15) is 18.4 Å². The number of piperidine rings is 1. The molecule has 0 bridgehead atoms. The van der Waals surface area contributed by atoms with Gasteiger partial charge < -0.3 is 4.90 Å². The summed E-state index contributed by atoms with van der Waals surface area (Å²) in [6, 6.07) is 0.850. The van der Waals surface area contributed by atoms with Crippen molar-refractivity contribution in [2.24, 2.45) is 0 Å². The number of sulfonamides is 1. The molecule has 0 amide bonds. The van der Waals surface area contributed by atoms with Gasteiger partial charge in [-0.05, 0) is 34.8 Å². The minimum absolute atomic E-state index is 0.153. The summed E-state index contributed by atoms with van der Waals surface area (Å²) in [5, 5.41) is 0. The molecule has 1 fully saturated rings. The van der Waals surface area contributed by atoms with Crippen LogP contribution < -0.4 is 9.62 Å². The number of pyridine rings is 1. The summed E-state index contributed by atoms with van der Waals surface area (Å²) in [6.07, 6.45) is -1.38. The lowest BCUT2D eigenvalue weighted by Gasteiger charge is -2.33. The first-order valence-corrected chi connectivity index (χ1v) is 9.20. The van der Waals surface area contributed by atoms with E-state index in [0.29, 0.717) is 31.7 Å². The van der Waals surface area contributed by atoms with Gasteiger partial charge in [-0.25, -0.2) is 18.1 Å². The van der Waals surface area contributed by atoms with Crippen molar-refractivity contribution in [3.05, 3.63) is 22.3 Å². The van der Waals surface area contributed by atoms with Gasteiger partial charge in [0.2, 0.25) is 10.0 Å². The maximum Gasteiger partial charge on any atom is 0.417 e. The molecule has 1 aromatic heterocycles. The summed E-state index contributed by atoms with van der Waals surface area (Å²) in [5.74, 6) is 0.436. The van der Waals surface area contributed by atoms with Gasteiger partial charge in [0.05, 0.1) is 16.3 Å². The van der Waals surface area contributed by atoms with Crippen molar-refractivity contribution in [2.75, 3.05) is 24.2 Å². The average molecular weight is 402 g/mol. The molecule has 0 atom stereocenters. The van der Waals surface area contributed by atoms with E-state index >= 15 is 0 Å². The number of hydrogen-bond acceptors (Lipinski definition) is 4. The molecule has 22 heavy (non-hydrogen) atoms. The normalized spacial score (nSPS) is 17.8. The first kappa shape index (κ1) is 17.5. The van der Waals surface area contributed by atoms with Crippen molar-refractivity contribution in [3.63, 3.8) is 0 Å². The number of halogens is 4. The van der Waals surface area contributed by atoms with Gasteiger partial charge in [0.1, 0.15) is 5.82 Å². The van der Waals surface area contributed by atoms with E-state index in [2.05, 4.69) is 25.6 Å². The number of aromatic nitrogens is 1. The van der Waals surface area contributed by atoms with Gasteiger partial charge in [-0.3, -0.25) is 0 Å². The summed E-state index contributed by atoms with van der Waals surface area (Å²) in [6.45, 7) is 1.04. The smallest absolute Gasteiger partial charge is 0.356 e. The fraction of sp³-hybridized carbons (Fsp3) is 0.583. The Morgan fingerprint density at radius 2 is 1.95 bits per heavy atom. The Balaban J connectivity index is 2.06. The first-order valence-electron chi connectivity index (χ1n) is 6.51. The van der Waals surface area contributed by atoms with Gasteiger partial charge in [0.15, 0.2) is 0 Å². The monoisotopic (exact) mass is 401 g/mol. The lowest BCUT2D eigenvalue weighted by Crippen LogP contribution is -2.44. The van der Waals surface area contributed by atoms with Crippen LogP contribution in [0.4, 0.5) is 19.0 Å². The summed E-state index contributed by atoms with van der Waals surface area (Å²) < 4.78 is 63.0. The summed E-state index contributed by atoms with van der Waals surface area (Å²) in [5.41, 5.74) is -0.809. The van der Waals surface area contributed by atoms with Crippen molar-refractivity contribution >= 4 is 31.8 Å². The molecule has 2 rings (SSSR count). The highest BCUT2D eigenvalue weighted by Gasteiger charge is 2.32. The number of anilines is 1. The van der Waals surface area contributed by atoms with Crippen LogP contribution >= 0.6 is 15.9 Å². The van der Waals surface area contributed by atoms with E-state index in [4.69, 9.17) is 0 Å². The lowest BCUT2D eigenvalue weighted by molar-refractivity contribution is -0.137. The van der Waals surface area contributed by atoms with Gasteiger partial charge in [0, 0.05) is 25.3 Å². The molecule has 0 spiro atoms. The third kappa shape index (κ3) is 4.56. The van der Waals surface area contributed by atoms with Crippen LogP contribution in [0.2, 0.25) is 0 Å². The fourth-order valence-electron chi connectivity index (χ4n) is 2.33. The van der Waals surface area contributed by atoms with E-state index in [9.17, 15) is 21.6 Å². The molecule has 1 aromatic rings. The molecule has 1 saturated heterocycles. The number of rotatable bonds is 3. The Morgan fingerprint density at radius 3 is 2.41 bits per heavy atom. The Kier molecular flexibility index (Phi) is 5.03. The van der Waals surface area contributed by atoms with E-state index in [1.807, 2.05) is 4.90 Å². The zero-order valence-electron chi connectivity index (χ0n) is 11.7. The molecular formula is C12H15BrF3N3O2S. The van der Waals surface area contributed by atoms with Gasteiger partial charge >= 0.3 is 6.18 Å². The highest BCUT2D eigenvalue weighted by Crippen LogP contribution is 2.34. The SMILES string of the molecule is CS(=O)(=O)NC1CCN(c2ncc(C(F)(F)F)cc2Br)CC1. The minimum Gasteiger partial charge on any atom is -0.356 e. The molecular weight excluding hydrogens is 387 g/mol. The maximum absolute atomic E-state index is 12.6. The lowest BCUT2D eigenvalue weighted by atomic mass is 10.1. The molecule has 0 unspecified atom stereocenters. The van der Waals surface area contributed by atoms with Crippen molar-refractivity contribution in [1.82, 2.24) is 9.71 Å². The summed E-state index contributed by atoms with van der Waals surface area (Å²) in [4.78, 5) is 5.73. The number of hydrogen-bond donors (Lipinski definition) is 1. The van der Waals surface area contributed by atoms with Crippen LogP contribution in [0.25, 0.3) is 0 Å². The molecule has 0 aromatic carbocycles. The maximum atomic E-state index is 12.6. The van der Waals surface area contributed by atoms with Crippen molar-refractivity contribution in [3.8, 4) is 0 Å². The predicted octanol–water partition coefficient (Wildman–Crippen LogP) is 2.38. The van der Waals surface area contributed by atoms with Crippen molar-refractivity contribution in [2.45, 2.75) is 25.1 Å². The standard InChI is InChI=1S/C12H15BrF3N3O2S/c1-22(20,21)18-9-2-4-19(5-3-9)11-10(13)6-8(7-17-11)12(14,15)16/h6-7,9,18H,2-5H2,1H3. The summed E-state index contributed by atoms with van der Waals surface area (Å²) >= 11 is 3.12. The highest BCUT2D eigenvalue weighted by molar-refractivity contribution is 9.10. The topological polar surface area (TPSA) is 62.3 Å². The number of alkyl halides is 3. The van der Waals surface area contributed by atoms with Crippen molar-refractivity contribution < 1.29 is 21.6 Å². The van der Waals surface area contributed by atoms with E-state index < -0.39 is 21.8 Å². The molecule has 5 nitrogen and oxygen atoms in total. The predicted molar refractivity (Wildman–Crippen MR) is 80.2 cm³/mol. The number of nitrogens with one attached hydrogen (secondary N) is 1. The van der Waals surface area contributed by atoms with E-state index in [1.54, 1.807) is 0 Å². The van der Waals surface area contributed by atoms with Crippen molar-refractivity contribution in [1.29, 1.82) is 0 Å². The second-order valence-electron chi connectivity index (χ2n) is 5.18. The first-order chi connectivity index (χ1) is 10.1. The molecule has 124 valence electrons. The van der Waals surface area contributed by atoms with E-state index in [-0.39, 0.29) is 10.5 Å². The van der Waals surface area contributed by atoms with Crippen LogP contribution in [0.3, 0.4) is 0 Å². The molecule has 1 aliphatic rings. The van der Waals surface area contributed by atoms with Gasteiger partial charge in [-0.15, -0.1) is 0 Å². The molecule has 10 heteroatoms. The zero-order chi connectivity index (χ0) is 16.5. The summed E-state index contributed by atoms with van der Waals surface area (Å²) in [7, 11) is -3.25. The van der Waals surface area contributed by atoms with Crippen LogP contribution in [-0.4, -0.2) is 38.8 Å².